The van der Waals surface area contributed by atoms with Crippen LogP contribution in [-0.2, 0) is 37.0 Å². The van der Waals surface area contributed by atoms with E-state index in [1.807, 2.05) is 17.9 Å². The molecular weight excluding hydrogens is 977 g/mol. The number of methoxy groups -OCH3 is 1. The number of amides is 1. The number of epoxide rings is 1. The lowest BCUT2D eigenvalue weighted by Crippen LogP contribution is -2.62. The summed E-state index contributed by atoms with van der Waals surface area (Å²) < 4.78 is 48.8. The summed E-state index contributed by atoms with van der Waals surface area (Å²) in [6, 6.07) is 10.2. The minimum atomic E-state index is -2.13. The van der Waals surface area contributed by atoms with E-state index in [1.165, 1.54) is 38.5 Å². The number of rotatable bonds is 26. The number of quaternary nitrogens is 1. The highest BCUT2D eigenvalue weighted by atomic mass is 28.4. The zero-order chi connectivity index (χ0) is 55.0. The van der Waals surface area contributed by atoms with Gasteiger partial charge in [-0.15, -0.1) is 0 Å². The van der Waals surface area contributed by atoms with Gasteiger partial charge < -0.3 is 36.7 Å². The molecule has 1 saturated carbocycles. The van der Waals surface area contributed by atoms with Crippen LogP contribution in [0.5, 0.6) is 0 Å². The van der Waals surface area contributed by atoms with Gasteiger partial charge in [-0.2, -0.15) is 0 Å². The van der Waals surface area contributed by atoms with Gasteiger partial charge >= 0.3 is 12.1 Å². The molecule has 0 aromatic rings. The summed E-state index contributed by atoms with van der Waals surface area (Å²) in [5.41, 5.74) is -0.503. The average Bonchev–Trinajstić information content (AvgIpc) is 4.23. The van der Waals surface area contributed by atoms with E-state index in [-0.39, 0.29) is 48.8 Å². The van der Waals surface area contributed by atoms with Crippen molar-refractivity contribution in [2.75, 3.05) is 40.3 Å². The third-order valence-corrected chi connectivity index (χ3v) is 33.9. The van der Waals surface area contributed by atoms with Gasteiger partial charge in [0.05, 0.1) is 69.6 Å². The number of cyclic esters (lactones) is 1. The normalized spacial score (nSPS) is 28.9. The lowest BCUT2D eigenvalue weighted by atomic mass is 9.88. The number of hydrogen-bond acceptors (Lipinski definition) is 9. The van der Waals surface area contributed by atoms with Gasteiger partial charge in [0.2, 0.25) is 0 Å². The standard InChI is InChI=1S/C60H113N2O9Si3/c1-18-52(70-73(22-5,23-6)24-7)49(13)57-53(66-57)46-59(14,71-74(25-8,26-9)27-10)39-32-33-47(11)56-48(12)36-37-54(67-58(64)61-41-43-62(16,44-42-61)50-34-30-28-29-31-35-50)60(15,65-17)40-38-51(45-55(63)68-56)69-72(19-2,20-3)21-4/h32-33,36-37,39,48-54,56-57H,18-31,34-35,38,40-46H2,1-17H3/q+1/t48-,49+,51+,52-,53+,54-,56+,57+,59-,60+/m0/s1. The highest BCUT2D eigenvalue weighted by Crippen LogP contribution is 2.43. The molecule has 428 valence electrons. The van der Waals surface area contributed by atoms with Gasteiger partial charge in [-0.25, -0.2) is 4.79 Å². The molecule has 4 rings (SSSR count). The Balaban J connectivity index is 1.67. The molecule has 2 saturated heterocycles. The summed E-state index contributed by atoms with van der Waals surface area (Å²) in [6.45, 7) is 36.7. The predicted molar refractivity (Wildman–Crippen MR) is 313 cm³/mol. The zero-order valence-electron chi connectivity index (χ0n) is 50.6. The lowest BCUT2D eigenvalue weighted by Gasteiger charge is -2.47. The fourth-order valence-electron chi connectivity index (χ4n) is 13.0. The van der Waals surface area contributed by atoms with E-state index in [1.54, 1.807) is 7.11 Å². The number of ether oxygens (including phenoxy) is 4. The molecule has 0 unspecified atom stereocenters. The molecule has 3 heterocycles. The number of allylic oxidation sites excluding steroid dienone is 2. The topological polar surface area (TPSA) is 105 Å². The molecule has 3 fully saturated rings. The number of hydrogen-bond donors (Lipinski definition) is 0. The molecule has 0 aromatic carbocycles. The van der Waals surface area contributed by atoms with Crippen LogP contribution < -0.4 is 0 Å². The Labute approximate surface area is 457 Å². The van der Waals surface area contributed by atoms with Crippen LogP contribution in [0.4, 0.5) is 4.79 Å². The Morgan fingerprint density at radius 3 is 1.96 bits per heavy atom. The van der Waals surface area contributed by atoms with Crippen molar-refractivity contribution in [3.05, 3.63) is 36.0 Å². The van der Waals surface area contributed by atoms with Gasteiger partial charge in [-0.05, 0) is 132 Å². The van der Waals surface area contributed by atoms with Crippen LogP contribution >= 0.6 is 0 Å². The highest BCUT2D eigenvalue weighted by Gasteiger charge is 2.51. The van der Waals surface area contributed by atoms with Crippen molar-refractivity contribution in [3.8, 4) is 0 Å². The van der Waals surface area contributed by atoms with Crippen LogP contribution in [0.1, 0.15) is 174 Å². The van der Waals surface area contributed by atoms with Crippen LogP contribution in [0.3, 0.4) is 0 Å². The molecule has 0 N–H and O–H groups in total. The van der Waals surface area contributed by atoms with E-state index in [2.05, 4.69) is 128 Å². The lowest BCUT2D eigenvalue weighted by molar-refractivity contribution is -0.937. The Morgan fingerprint density at radius 1 is 0.865 bits per heavy atom. The van der Waals surface area contributed by atoms with Crippen LogP contribution in [0.25, 0.3) is 0 Å². The second-order valence-electron chi connectivity index (χ2n) is 24.2. The molecule has 1 amide bonds. The smallest absolute Gasteiger partial charge is 0.410 e. The molecule has 14 heteroatoms. The van der Waals surface area contributed by atoms with Gasteiger partial charge in [-0.3, -0.25) is 9.69 Å². The molecule has 10 atom stereocenters. The van der Waals surface area contributed by atoms with E-state index in [0.29, 0.717) is 37.9 Å². The Morgan fingerprint density at radius 2 is 1.43 bits per heavy atom. The maximum Gasteiger partial charge on any atom is 0.410 e. The Kier molecular flexibility index (Phi) is 25.9. The fraction of sp³-hybridized carbons (Fsp3) is 0.867. The summed E-state index contributed by atoms with van der Waals surface area (Å²) in [7, 11) is -1.85. The molecule has 1 aliphatic carbocycles. The monoisotopic (exact) mass is 1090 g/mol. The first-order valence-corrected chi connectivity index (χ1v) is 38.0. The molecule has 0 aromatic heterocycles. The molecule has 3 aliphatic heterocycles. The van der Waals surface area contributed by atoms with Crippen molar-refractivity contribution in [1.29, 1.82) is 0 Å². The Bertz CT molecular complexity index is 1760. The number of piperazine rings is 1. The number of esters is 1. The van der Waals surface area contributed by atoms with Crippen LogP contribution in [0, 0.1) is 11.8 Å². The second kappa shape index (κ2) is 29.5. The molecule has 0 spiro atoms. The first-order chi connectivity index (χ1) is 35.1. The second-order valence-corrected chi connectivity index (χ2v) is 38.3. The number of nitrogens with zero attached hydrogens (tertiary/aromatic N) is 2. The first kappa shape index (κ1) is 64.9. The van der Waals surface area contributed by atoms with Crippen molar-refractivity contribution in [2.45, 2.75) is 283 Å². The highest BCUT2D eigenvalue weighted by molar-refractivity contribution is 6.74. The quantitative estimate of drug-likeness (QED) is 0.0159. The first-order valence-electron chi connectivity index (χ1n) is 30.4. The number of carbonyl (C=O) groups is 2. The van der Waals surface area contributed by atoms with Gasteiger partial charge in [0.15, 0.2) is 31.1 Å². The summed E-state index contributed by atoms with van der Waals surface area (Å²) >= 11 is 0. The number of likely N-dealkylation sites (N-methyl/N-ethyl adjacent to an activating group) is 1. The summed E-state index contributed by atoms with van der Waals surface area (Å²) in [6.07, 6.45) is 19.9. The molecular formula is C60H113N2O9Si3+. The van der Waals surface area contributed by atoms with E-state index in [9.17, 15) is 9.59 Å². The largest absolute Gasteiger partial charge is 0.457 e. The third kappa shape index (κ3) is 17.2. The van der Waals surface area contributed by atoms with Crippen LogP contribution in [0.2, 0.25) is 54.4 Å². The van der Waals surface area contributed by atoms with E-state index < -0.39 is 48.4 Å². The van der Waals surface area contributed by atoms with Crippen molar-refractivity contribution in [3.63, 3.8) is 0 Å². The van der Waals surface area contributed by atoms with E-state index in [0.717, 1.165) is 90.4 Å². The third-order valence-electron chi connectivity index (χ3n) is 19.8. The van der Waals surface area contributed by atoms with E-state index >= 15 is 0 Å². The van der Waals surface area contributed by atoms with Crippen molar-refractivity contribution in [2.24, 2.45) is 11.8 Å². The van der Waals surface area contributed by atoms with Crippen molar-refractivity contribution < 1.29 is 46.3 Å². The van der Waals surface area contributed by atoms with Crippen molar-refractivity contribution >= 4 is 37.0 Å². The van der Waals surface area contributed by atoms with Crippen LogP contribution in [0.15, 0.2) is 36.0 Å². The SMILES string of the molecule is CC[C@H](O[Si](CC)(CC)CC)[C@@H](C)[C@H]1O[C@@H]1C[C@](C)(C=CC=C(C)[C@H]1OC(=O)C[C@H](O[Si](CC)(CC)CC)CC[C@@](C)(OC)[C@@H](OC(=O)N2CC[N+](C)(C3CCCCCC3)CC2)C=C[C@@H]1C)O[Si](CC)(CC)CC. The van der Waals surface area contributed by atoms with Gasteiger partial charge in [-0.1, -0.05) is 120 Å². The van der Waals surface area contributed by atoms with Gasteiger partial charge in [0.1, 0.15) is 11.7 Å². The molecule has 11 nitrogen and oxygen atoms in total. The summed E-state index contributed by atoms with van der Waals surface area (Å²) in [5, 5.41) is 0. The average molecular weight is 1090 g/mol. The fourth-order valence-corrected chi connectivity index (χ4v) is 22.0. The molecule has 0 bridgehead atoms. The molecule has 4 aliphatic rings. The molecule has 0 radical (unpaired) electrons. The molecule has 74 heavy (non-hydrogen) atoms. The van der Waals surface area contributed by atoms with Gasteiger partial charge in [0.25, 0.3) is 0 Å². The Hall–Kier alpha value is -1.63. The minimum absolute atomic E-state index is 0.0865. The maximum atomic E-state index is 14.3. The minimum Gasteiger partial charge on any atom is -0.457 e. The number of carbonyl (C=O) groups excluding carboxylic acids is 2. The predicted octanol–water partition coefficient (Wildman–Crippen LogP) is 14.9. The van der Waals surface area contributed by atoms with E-state index in [4.69, 9.17) is 32.2 Å². The van der Waals surface area contributed by atoms with Crippen LogP contribution in [-0.4, -0.2) is 141 Å². The summed E-state index contributed by atoms with van der Waals surface area (Å²) in [4.78, 5) is 30.5. The maximum absolute atomic E-state index is 14.3. The zero-order valence-corrected chi connectivity index (χ0v) is 53.6. The van der Waals surface area contributed by atoms with Gasteiger partial charge in [0, 0.05) is 31.5 Å². The summed E-state index contributed by atoms with van der Waals surface area (Å²) in [5.74, 6) is -0.218. The van der Waals surface area contributed by atoms with Crippen molar-refractivity contribution in [1.82, 2.24) is 4.90 Å².